The molecule has 1 unspecified atom stereocenters. The summed E-state index contributed by atoms with van der Waals surface area (Å²) in [5.74, 6) is -2.75. The Bertz CT molecular complexity index is 1180. The van der Waals surface area contributed by atoms with Crippen LogP contribution >= 0.6 is 0 Å². The first kappa shape index (κ1) is 25.6. The molecule has 1 aliphatic rings. The first-order valence-electron chi connectivity index (χ1n) is 12.0. The van der Waals surface area contributed by atoms with Crippen LogP contribution in [0.3, 0.4) is 0 Å². The van der Waals surface area contributed by atoms with Gasteiger partial charge in [-0.1, -0.05) is 60.7 Å². The molecule has 0 radical (unpaired) electrons. The van der Waals surface area contributed by atoms with Gasteiger partial charge in [0, 0.05) is 19.2 Å². The molecule has 2 aromatic carbocycles. The zero-order valence-electron chi connectivity index (χ0n) is 20.1. The quantitative estimate of drug-likeness (QED) is 0.481. The second-order valence-corrected chi connectivity index (χ2v) is 8.69. The second-order valence-electron chi connectivity index (χ2n) is 8.69. The maximum absolute atomic E-state index is 13.2. The minimum atomic E-state index is -0.934. The van der Waals surface area contributed by atoms with Crippen molar-refractivity contribution in [2.75, 3.05) is 13.1 Å². The van der Waals surface area contributed by atoms with E-state index in [-0.39, 0.29) is 31.1 Å². The van der Waals surface area contributed by atoms with E-state index in [0.717, 1.165) is 15.8 Å². The molecule has 0 spiro atoms. The van der Waals surface area contributed by atoms with Gasteiger partial charge in [0.15, 0.2) is 11.4 Å². The number of ether oxygens (including phenoxy) is 2. The lowest BCUT2D eigenvalue weighted by molar-refractivity contribution is -0.142. The van der Waals surface area contributed by atoms with Gasteiger partial charge in [0.05, 0.1) is 5.92 Å². The molecule has 37 heavy (non-hydrogen) atoms. The molecule has 10 heteroatoms. The van der Waals surface area contributed by atoms with Gasteiger partial charge in [-0.2, -0.15) is 9.78 Å². The molecule has 1 saturated heterocycles. The van der Waals surface area contributed by atoms with Gasteiger partial charge < -0.3 is 19.5 Å². The minimum Gasteiger partial charge on any atom is -0.481 e. The molecule has 1 aliphatic heterocycles. The van der Waals surface area contributed by atoms with Crippen molar-refractivity contribution in [1.82, 2.24) is 14.7 Å². The van der Waals surface area contributed by atoms with E-state index in [4.69, 9.17) is 9.47 Å². The third kappa shape index (κ3) is 6.60. The number of carbonyl (C=O) groups is 4. The van der Waals surface area contributed by atoms with Crippen molar-refractivity contribution < 1.29 is 33.8 Å². The maximum atomic E-state index is 13.2. The van der Waals surface area contributed by atoms with E-state index in [0.29, 0.717) is 25.8 Å². The Kier molecular flexibility index (Phi) is 8.29. The Morgan fingerprint density at radius 2 is 1.49 bits per heavy atom. The molecule has 1 N–H and O–H groups in total. The van der Waals surface area contributed by atoms with Gasteiger partial charge in [0.25, 0.3) is 5.91 Å². The fourth-order valence-electron chi connectivity index (χ4n) is 4.06. The van der Waals surface area contributed by atoms with Crippen LogP contribution in [-0.2, 0) is 27.5 Å². The van der Waals surface area contributed by atoms with Crippen LogP contribution in [0.1, 0.15) is 51.4 Å². The zero-order valence-corrected chi connectivity index (χ0v) is 20.1. The van der Waals surface area contributed by atoms with Gasteiger partial charge in [-0.3, -0.25) is 9.59 Å². The summed E-state index contributed by atoms with van der Waals surface area (Å²) < 4.78 is 11.4. The van der Waals surface area contributed by atoms with Crippen molar-refractivity contribution in [2.24, 2.45) is 5.92 Å². The lowest BCUT2D eigenvalue weighted by Crippen LogP contribution is -2.32. The summed E-state index contributed by atoms with van der Waals surface area (Å²) in [5, 5.41) is 13.4. The van der Waals surface area contributed by atoms with Crippen molar-refractivity contribution in [2.45, 2.75) is 32.5 Å². The van der Waals surface area contributed by atoms with E-state index in [1.54, 1.807) is 48.5 Å². The number of hydrogen-bond donors (Lipinski definition) is 1. The van der Waals surface area contributed by atoms with Crippen LogP contribution in [0.5, 0.6) is 0 Å². The number of nitrogens with zero attached hydrogens (tertiary/aromatic N) is 3. The number of carboxylic acid groups (broad SMARTS) is 1. The molecule has 2 heterocycles. The highest BCUT2D eigenvalue weighted by molar-refractivity contribution is 5.98. The summed E-state index contributed by atoms with van der Waals surface area (Å²) >= 11 is 0. The number of rotatable bonds is 7. The summed E-state index contributed by atoms with van der Waals surface area (Å²) in [4.78, 5) is 51.8. The standard InChI is InChI=1S/C27H27N3O7/c31-24(29-14-7-12-21(13-15-29)25(32)33)22-16-23(26(34)36-17-19-8-3-1-4-9-19)30(28-22)27(35)37-18-20-10-5-2-6-11-20/h1-6,8-11,16,21H,7,12-15,17-18H2,(H,32,33). The molecule has 10 nitrogen and oxygen atoms in total. The SMILES string of the molecule is O=C(OCc1ccccc1)c1cc(C(=O)N2CCCC(C(=O)O)CC2)nn1C(=O)OCc1ccccc1. The summed E-state index contributed by atoms with van der Waals surface area (Å²) in [6.07, 6.45) is 0.369. The number of hydrogen-bond acceptors (Lipinski definition) is 7. The number of carbonyl (C=O) groups excluding carboxylic acids is 3. The molecule has 0 bridgehead atoms. The first-order chi connectivity index (χ1) is 17.9. The maximum Gasteiger partial charge on any atom is 0.435 e. The minimum absolute atomic E-state index is 0.0318. The van der Waals surface area contributed by atoms with Crippen LogP contribution in [0, 0.1) is 5.92 Å². The van der Waals surface area contributed by atoms with Crippen molar-refractivity contribution in [3.05, 3.63) is 89.2 Å². The van der Waals surface area contributed by atoms with Gasteiger partial charge in [-0.15, -0.1) is 0 Å². The molecule has 1 amide bonds. The number of aliphatic carboxylic acids is 1. The molecule has 1 aromatic heterocycles. The number of esters is 1. The Balaban J connectivity index is 1.53. The molecular formula is C27H27N3O7. The third-order valence-corrected chi connectivity index (χ3v) is 6.09. The Hall–Kier alpha value is -4.47. The topological polar surface area (TPSA) is 128 Å². The molecule has 0 saturated carbocycles. The van der Waals surface area contributed by atoms with Crippen LogP contribution in [-0.4, -0.2) is 56.8 Å². The van der Waals surface area contributed by atoms with Crippen LogP contribution in [0.25, 0.3) is 0 Å². The van der Waals surface area contributed by atoms with E-state index < -0.39 is 29.9 Å². The lowest BCUT2D eigenvalue weighted by Gasteiger charge is -2.19. The first-order valence-corrected chi connectivity index (χ1v) is 12.0. The number of benzene rings is 2. The monoisotopic (exact) mass is 505 g/mol. The Morgan fingerprint density at radius 1 is 0.865 bits per heavy atom. The molecule has 0 aliphatic carbocycles. The predicted molar refractivity (Wildman–Crippen MR) is 131 cm³/mol. The Labute approximate surface area is 213 Å². The summed E-state index contributed by atoms with van der Waals surface area (Å²) in [5.41, 5.74) is 1.13. The van der Waals surface area contributed by atoms with Crippen molar-refractivity contribution in [3.8, 4) is 0 Å². The highest BCUT2D eigenvalue weighted by atomic mass is 16.6. The van der Waals surface area contributed by atoms with Gasteiger partial charge >= 0.3 is 18.0 Å². The van der Waals surface area contributed by atoms with Gasteiger partial charge in [-0.05, 0) is 30.4 Å². The normalized spacial score (nSPS) is 15.5. The molecule has 1 atom stereocenters. The van der Waals surface area contributed by atoms with Crippen LogP contribution in [0.4, 0.5) is 4.79 Å². The van der Waals surface area contributed by atoms with Crippen LogP contribution in [0.15, 0.2) is 66.7 Å². The smallest absolute Gasteiger partial charge is 0.435 e. The third-order valence-electron chi connectivity index (χ3n) is 6.09. The van der Waals surface area contributed by atoms with E-state index in [2.05, 4.69) is 5.10 Å². The van der Waals surface area contributed by atoms with E-state index in [9.17, 15) is 24.3 Å². The number of aromatic nitrogens is 2. The van der Waals surface area contributed by atoms with Crippen LogP contribution in [0.2, 0.25) is 0 Å². The number of likely N-dealkylation sites (tertiary alicyclic amines) is 1. The molecule has 4 rings (SSSR count). The van der Waals surface area contributed by atoms with Gasteiger partial charge in [0.1, 0.15) is 13.2 Å². The fraction of sp³-hybridized carbons (Fsp3) is 0.296. The molecular weight excluding hydrogens is 478 g/mol. The second kappa shape index (κ2) is 12.0. The fourth-order valence-corrected chi connectivity index (χ4v) is 4.06. The van der Waals surface area contributed by atoms with Crippen LogP contribution < -0.4 is 0 Å². The molecule has 1 fully saturated rings. The summed E-state index contributed by atoms with van der Waals surface area (Å²) in [6, 6.07) is 19.2. The van der Waals surface area contributed by atoms with Gasteiger partial charge in [-0.25, -0.2) is 9.59 Å². The van der Waals surface area contributed by atoms with Crippen molar-refractivity contribution >= 4 is 23.9 Å². The predicted octanol–water partition coefficient (Wildman–Crippen LogP) is 3.75. The zero-order chi connectivity index (χ0) is 26.2. The van der Waals surface area contributed by atoms with E-state index >= 15 is 0 Å². The summed E-state index contributed by atoms with van der Waals surface area (Å²) in [7, 11) is 0. The van der Waals surface area contributed by atoms with Crippen molar-refractivity contribution in [3.63, 3.8) is 0 Å². The van der Waals surface area contributed by atoms with Crippen molar-refractivity contribution in [1.29, 1.82) is 0 Å². The Morgan fingerprint density at radius 3 is 2.11 bits per heavy atom. The highest BCUT2D eigenvalue weighted by Crippen LogP contribution is 2.20. The number of amides is 1. The number of carboxylic acids is 1. The molecule has 192 valence electrons. The molecule has 3 aromatic rings. The van der Waals surface area contributed by atoms with E-state index in [1.807, 2.05) is 12.1 Å². The average Bonchev–Trinajstić information content (AvgIpc) is 3.22. The average molecular weight is 506 g/mol. The highest BCUT2D eigenvalue weighted by Gasteiger charge is 2.30. The largest absolute Gasteiger partial charge is 0.481 e. The van der Waals surface area contributed by atoms with E-state index in [1.165, 1.54) is 11.0 Å². The lowest BCUT2D eigenvalue weighted by atomic mass is 10.0. The summed E-state index contributed by atoms with van der Waals surface area (Å²) in [6.45, 7) is 0.497. The van der Waals surface area contributed by atoms with Gasteiger partial charge in [0.2, 0.25) is 0 Å².